The van der Waals surface area contributed by atoms with Crippen molar-refractivity contribution in [2.75, 3.05) is 30.0 Å². The maximum atomic E-state index is 12.1. The van der Waals surface area contributed by atoms with E-state index in [-0.39, 0.29) is 5.75 Å². The largest absolute Gasteiger partial charge is 0.508 e. The molecule has 6 nitrogen and oxygen atoms in total. The first-order chi connectivity index (χ1) is 10.0. The Labute approximate surface area is 128 Å². The fourth-order valence-electron chi connectivity index (χ4n) is 1.71. The minimum atomic E-state index is -1.10. The zero-order chi connectivity index (χ0) is 15.7. The van der Waals surface area contributed by atoms with Gasteiger partial charge in [0, 0.05) is 12.2 Å². The van der Waals surface area contributed by atoms with Gasteiger partial charge in [-0.3, -0.25) is 9.69 Å². The lowest BCUT2D eigenvalue weighted by Crippen LogP contribution is -2.43. The molecule has 0 aliphatic rings. The van der Waals surface area contributed by atoms with Crippen molar-refractivity contribution in [1.82, 2.24) is 5.32 Å². The van der Waals surface area contributed by atoms with Gasteiger partial charge in [0.1, 0.15) is 12.3 Å². The average Bonchev–Trinajstić information content (AvgIpc) is 2.45. The summed E-state index contributed by atoms with van der Waals surface area (Å²) in [4.78, 5) is 24.1. The molecule has 1 aromatic carbocycles. The number of urea groups is 1. The van der Waals surface area contributed by atoms with Crippen LogP contribution in [0, 0.1) is 0 Å². The number of aliphatic carboxylic acids is 1. The van der Waals surface area contributed by atoms with Crippen molar-refractivity contribution < 1.29 is 19.8 Å². The van der Waals surface area contributed by atoms with Gasteiger partial charge in [-0.1, -0.05) is 0 Å². The van der Waals surface area contributed by atoms with Crippen molar-refractivity contribution >= 4 is 29.4 Å². The van der Waals surface area contributed by atoms with Crippen LogP contribution < -0.4 is 10.2 Å². The smallest absolute Gasteiger partial charge is 0.323 e. The van der Waals surface area contributed by atoms with Crippen molar-refractivity contribution in [2.24, 2.45) is 0 Å². The SMILES string of the molecule is CSCCCCNC(=O)N(CC(=O)O)c1ccc(O)cc1. The fraction of sp³-hybridized carbons (Fsp3) is 0.429. The number of carbonyl (C=O) groups is 2. The molecule has 3 N–H and O–H groups in total. The molecule has 0 fully saturated rings. The third-order valence-electron chi connectivity index (χ3n) is 2.75. The monoisotopic (exact) mass is 312 g/mol. The first kappa shape index (κ1) is 17.2. The topological polar surface area (TPSA) is 89.9 Å². The highest BCUT2D eigenvalue weighted by atomic mass is 32.2. The molecule has 0 bridgehead atoms. The Hall–Kier alpha value is -1.89. The zero-order valence-corrected chi connectivity index (χ0v) is 12.7. The van der Waals surface area contributed by atoms with Crippen LogP contribution in [0.2, 0.25) is 0 Å². The summed E-state index contributed by atoms with van der Waals surface area (Å²) in [5, 5.41) is 20.9. The molecule has 0 saturated heterocycles. The average molecular weight is 312 g/mol. The number of carbonyl (C=O) groups excluding carboxylic acids is 1. The maximum absolute atomic E-state index is 12.1. The summed E-state index contributed by atoms with van der Waals surface area (Å²) in [6.45, 7) is 0.0784. The Morgan fingerprint density at radius 1 is 1.24 bits per heavy atom. The van der Waals surface area contributed by atoms with Crippen molar-refractivity contribution in [3.63, 3.8) is 0 Å². The highest BCUT2D eigenvalue weighted by Crippen LogP contribution is 2.18. The van der Waals surface area contributed by atoms with E-state index in [1.807, 2.05) is 6.26 Å². The molecule has 116 valence electrons. The lowest BCUT2D eigenvalue weighted by molar-refractivity contribution is -0.135. The number of benzene rings is 1. The third-order valence-corrected chi connectivity index (χ3v) is 3.45. The second-order valence-corrected chi connectivity index (χ2v) is 5.41. The van der Waals surface area contributed by atoms with Crippen molar-refractivity contribution in [3.05, 3.63) is 24.3 Å². The van der Waals surface area contributed by atoms with Gasteiger partial charge in [0.05, 0.1) is 0 Å². The van der Waals surface area contributed by atoms with Gasteiger partial charge in [-0.25, -0.2) is 4.79 Å². The second-order valence-electron chi connectivity index (χ2n) is 4.43. The van der Waals surface area contributed by atoms with Crippen LogP contribution in [0.15, 0.2) is 24.3 Å². The molecule has 0 aromatic heterocycles. The number of aromatic hydroxyl groups is 1. The minimum absolute atomic E-state index is 0.0616. The number of phenolic OH excluding ortho intramolecular Hbond substituents is 1. The van der Waals surface area contributed by atoms with Gasteiger partial charge >= 0.3 is 12.0 Å². The summed E-state index contributed by atoms with van der Waals surface area (Å²) >= 11 is 1.75. The standard InChI is InChI=1S/C14H20N2O4S/c1-21-9-3-2-8-15-14(20)16(10-13(18)19)11-4-6-12(17)7-5-11/h4-7,17H,2-3,8-10H2,1H3,(H,15,20)(H,18,19). The molecule has 0 aliphatic heterocycles. The van der Waals surface area contributed by atoms with Crippen molar-refractivity contribution in [2.45, 2.75) is 12.8 Å². The quantitative estimate of drug-likeness (QED) is 0.640. The number of unbranched alkanes of at least 4 members (excludes halogenated alkanes) is 1. The zero-order valence-electron chi connectivity index (χ0n) is 11.9. The van der Waals surface area contributed by atoms with E-state index in [0.717, 1.165) is 23.5 Å². The number of rotatable bonds is 8. The summed E-state index contributed by atoms with van der Waals surface area (Å²) in [6.07, 6.45) is 3.88. The van der Waals surface area contributed by atoms with Crippen LogP contribution in [0.5, 0.6) is 5.75 Å². The molecule has 1 rings (SSSR count). The van der Waals surface area contributed by atoms with Gasteiger partial charge < -0.3 is 15.5 Å². The Kier molecular flexibility index (Phi) is 7.45. The normalized spacial score (nSPS) is 10.1. The Bertz CT molecular complexity index is 465. The van der Waals surface area contributed by atoms with E-state index in [2.05, 4.69) is 5.32 Å². The van der Waals surface area contributed by atoms with Crippen LogP contribution in [0.4, 0.5) is 10.5 Å². The van der Waals surface area contributed by atoms with Gasteiger partial charge in [-0.2, -0.15) is 11.8 Å². The third kappa shape index (κ3) is 6.40. The van der Waals surface area contributed by atoms with Crippen LogP contribution in [-0.4, -0.2) is 47.3 Å². The predicted molar refractivity (Wildman–Crippen MR) is 84.1 cm³/mol. The van der Waals surface area contributed by atoms with Crippen LogP contribution in [-0.2, 0) is 4.79 Å². The number of carboxylic acid groups (broad SMARTS) is 1. The highest BCUT2D eigenvalue weighted by molar-refractivity contribution is 7.98. The Morgan fingerprint density at radius 2 is 1.90 bits per heavy atom. The molecule has 21 heavy (non-hydrogen) atoms. The van der Waals surface area contributed by atoms with E-state index in [9.17, 15) is 14.7 Å². The summed E-state index contributed by atoms with van der Waals surface area (Å²) < 4.78 is 0. The van der Waals surface area contributed by atoms with Gasteiger partial charge in [-0.15, -0.1) is 0 Å². The highest BCUT2D eigenvalue weighted by Gasteiger charge is 2.18. The molecule has 7 heteroatoms. The molecule has 0 spiro atoms. The molecule has 0 unspecified atom stereocenters. The Morgan fingerprint density at radius 3 is 2.48 bits per heavy atom. The molecular weight excluding hydrogens is 292 g/mol. The van der Waals surface area contributed by atoms with Crippen molar-refractivity contribution in [3.8, 4) is 5.75 Å². The molecule has 0 saturated carbocycles. The minimum Gasteiger partial charge on any atom is -0.508 e. The van der Waals surface area contributed by atoms with E-state index in [1.54, 1.807) is 11.8 Å². The number of nitrogens with one attached hydrogen (secondary N) is 1. The van der Waals surface area contributed by atoms with E-state index in [4.69, 9.17) is 5.11 Å². The molecule has 0 aliphatic carbocycles. The molecule has 0 atom stereocenters. The number of amides is 2. The molecule has 0 radical (unpaired) electrons. The molecule has 2 amide bonds. The van der Waals surface area contributed by atoms with Crippen molar-refractivity contribution in [1.29, 1.82) is 0 Å². The number of hydrogen-bond donors (Lipinski definition) is 3. The summed E-state index contributed by atoms with van der Waals surface area (Å²) in [6, 6.07) is 5.38. The van der Waals surface area contributed by atoms with Crippen LogP contribution in [0.3, 0.4) is 0 Å². The predicted octanol–water partition coefficient (Wildman–Crippen LogP) is 2.14. The number of carboxylic acids is 1. The summed E-state index contributed by atoms with van der Waals surface area (Å²) in [7, 11) is 0. The van der Waals surface area contributed by atoms with E-state index in [0.29, 0.717) is 12.2 Å². The van der Waals surface area contributed by atoms with E-state index in [1.165, 1.54) is 24.3 Å². The lowest BCUT2D eigenvalue weighted by Gasteiger charge is -2.21. The summed E-state index contributed by atoms with van der Waals surface area (Å²) in [5.74, 6) is -0.000689. The number of phenols is 1. The van der Waals surface area contributed by atoms with Gasteiger partial charge in [0.25, 0.3) is 0 Å². The Balaban J connectivity index is 2.62. The molecule has 0 heterocycles. The van der Waals surface area contributed by atoms with Crippen LogP contribution in [0.1, 0.15) is 12.8 Å². The number of anilines is 1. The number of nitrogens with zero attached hydrogens (tertiary/aromatic N) is 1. The first-order valence-corrected chi connectivity index (χ1v) is 7.99. The maximum Gasteiger partial charge on any atom is 0.323 e. The van der Waals surface area contributed by atoms with Crippen LogP contribution >= 0.6 is 11.8 Å². The van der Waals surface area contributed by atoms with Gasteiger partial charge in [-0.05, 0) is 49.1 Å². The van der Waals surface area contributed by atoms with E-state index < -0.39 is 18.5 Å². The summed E-state index contributed by atoms with van der Waals surface area (Å²) in [5.41, 5.74) is 0.428. The van der Waals surface area contributed by atoms with Gasteiger partial charge in [0.15, 0.2) is 0 Å². The number of hydrogen-bond acceptors (Lipinski definition) is 4. The van der Waals surface area contributed by atoms with Crippen LogP contribution in [0.25, 0.3) is 0 Å². The molecule has 1 aromatic rings. The second kappa shape index (κ2) is 9.12. The lowest BCUT2D eigenvalue weighted by atomic mass is 10.2. The first-order valence-electron chi connectivity index (χ1n) is 6.59. The fourth-order valence-corrected chi connectivity index (χ4v) is 2.20. The van der Waals surface area contributed by atoms with E-state index >= 15 is 0 Å². The van der Waals surface area contributed by atoms with Gasteiger partial charge in [0.2, 0.25) is 0 Å². The molecular formula is C14H20N2O4S. The number of thioether (sulfide) groups is 1.